The lowest BCUT2D eigenvalue weighted by atomic mass is 10.0. The number of amides is 1. The maximum absolute atomic E-state index is 13.2. The summed E-state index contributed by atoms with van der Waals surface area (Å²) in [5, 5.41) is 0. The summed E-state index contributed by atoms with van der Waals surface area (Å²) in [6, 6.07) is 13.6. The van der Waals surface area contributed by atoms with Crippen molar-refractivity contribution in [1.82, 2.24) is 9.80 Å². The van der Waals surface area contributed by atoms with E-state index in [4.69, 9.17) is 9.47 Å². The summed E-state index contributed by atoms with van der Waals surface area (Å²) in [7, 11) is 0. The number of para-hydroxylation sites is 1. The first-order valence-corrected chi connectivity index (χ1v) is 13.5. The molecular weight excluding hydrogens is 471 g/mol. The third-order valence-corrected chi connectivity index (χ3v) is 7.19. The average Bonchev–Trinajstić information content (AvgIpc) is 2.90. The number of unbranched alkanes of at least 4 members (excludes halogenated alkanes) is 1. The molecule has 0 N–H and O–H groups in total. The second-order valence-electron chi connectivity index (χ2n) is 10.1. The lowest BCUT2D eigenvalue weighted by Crippen LogP contribution is -2.58. The number of nitrogens with zero attached hydrogens (tertiary/aromatic N) is 2. The number of rotatable bonds is 12. The smallest absolute Gasteiger partial charge is 0.341 e. The zero-order valence-corrected chi connectivity index (χ0v) is 22.6. The normalized spacial score (nSPS) is 18.9. The molecule has 6 nitrogen and oxygen atoms in total. The van der Waals surface area contributed by atoms with Gasteiger partial charge in [-0.2, -0.15) is 0 Å². The summed E-state index contributed by atoms with van der Waals surface area (Å²) in [5.41, 5.74) is 1.38. The third-order valence-electron chi connectivity index (χ3n) is 7.19. The summed E-state index contributed by atoms with van der Waals surface area (Å²) in [6.45, 7) is 10.6. The van der Waals surface area contributed by atoms with Gasteiger partial charge in [0.15, 0.2) is 6.61 Å². The molecule has 1 heterocycles. The summed E-state index contributed by atoms with van der Waals surface area (Å²) < 4.78 is 24.7. The van der Waals surface area contributed by atoms with Gasteiger partial charge in [-0.15, -0.1) is 0 Å². The van der Waals surface area contributed by atoms with E-state index in [1.807, 2.05) is 11.8 Å². The molecule has 7 heteroatoms. The lowest BCUT2D eigenvalue weighted by molar-refractivity contribution is -0.139. The highest BCUT2D eigenvalue weighted by molar-refractivity contribution is 5.92. The van der Waals surface area contributed by atoms with Crippen molar-refractivity contribution in [3.05, 3.63) is 65.5 Å². The van der Waals surface area contributed by atoms with Crippen molar-refractivity contribution >= 4 is 11.9 Å². The van der Waals surface area contributed by atoms with Gasteiger partial charge >= 0.3 is 5.97 Å². The van der Waals surface area contributed by atoms with Crippen molar-refractivity contribution in [2.24, 2.45) is 5.92 Å². The standard InChI is InChI=1S/C30H41FN2O4/c1-5-7-10-24(6-2)20-37-30(35)27-11-8-9-12-28(27)36-21-29(34)33-18-22(3)32(17-23(33)4)19-25-13-15-26(31)16-14-25/h8-9,11-16,22-24H,5-7,10,17-21H2,1-4H3/t22-,23+,24?/m1/s1. The van der Waals surface area contributed by atoms with Crippen LogP contribution in [0, 0.1) is 11.7 Å². The monoisotopic (exact) mass is 512 g/mol. The van der Waals surface area contributed by atoms with Crippen LogP contribution in [0.2, 0.25) is 0 Å². The number of carbonyl (C=O) groups is 2. The van der Waals surface area contributed by atoms with E-state index in [2.05, 4.69) is 25.7 Å². The van der Waals surface area contributed by atoms with Gasteiger partial charge in [0.05, 0.1) is 6.61 Å². The minimum absolute atomic E-state index is 0.00190. The number of hydrogen-bond acceptors (Lipinski definition) is 5. The number of esters is 1. The fraction of sp³-hybridized carbons (Fsp3) is 0.533. The number of halogens is 1. The molecular formula is C30H41FN2O4. The quantitative estimate of drug-likeness (QED) is 0.342. The Labute approximate surface area is 220 Å². The Morgan fingerprint density at radius 3 is 2.46 bits per heavy atom. The van der Waals surface area contributed by atoms with E-state index >= 15 is 0 Å². The van der Waals surface area contributed by atoms with Crippen molar-refractivity contribution in [2.75, 3.05) is 26.3 Å². The molecule has 0 saturated carbocycles. The Morgan fingerprint density at radius 1 is 1.03 bits per heavy atom. The number of benzene rings is 2. The van der Waals surface area contributed by atoms with E-state index in [-0.39, 0.29) is 30.4 Å². The van der Waals surface area contributed by atoms with Gasteiger partial charge in [0, 0.05) is 31.7 Å². The van der Waals surface area contributed by atoms with Crippen LogP contribution in [0.25, 0.3) is 0 Å². The molecule has 0 aliphatic carbocycles. The van der Waals surface area contributed by atoms with Crippen LogP contribution in [-0.2, 0) is 16.1 Å². The van der Waals surface area contributed by atoms with Crippen LogP contribution in [0.4, 0.5) is 4.39 Å². The molecule has 1 amide bonds. The maximum atomic E-state index is 13.2. The predicted octanol–water partition coefficient (Wildman–Crippen LogP) is 5.70. The highest BCUT2D eigenvalue weighted by Crippen LogP contribution is 2.22. The maximum Gasteiger partial charge on any atom is 0.341 e. The molecule has 0 radical (unpaired) electrons. The SMILES string of the molecule is CCCCC(CC)COC(=O)c1ccccc1OCC(=O)N1C[C@@H](C)N(Cc2ccc(F)cc2)C[C@@H]1C. The van der Waals surface area contributed by atoms with Crippen molar-refractivity contribution in [3.63, 3.8) is 0 Å². The summed E-state index contributed by atoms with van der Waals surface area (Å²) in [5.74, 6) is -0.0710. The van der Waals surface area contributed by atoms with E-state index in [9.17, 15) is 14.0 Å². The van der Waals surface area contributed by atoms with Gasteiger partial charge in [-0.25, -0.2) is 9.18 Å². The Morgan fingerprint density at radius 2 is 1.76 bits per heavy atom. The van der Waals surface area contributed by atoms with Gasteiger partial charge < -0.3 is 14.4 Å². The van der Waals surface area contributed by atoms with Gasteiger partial charge in [0.25, 0.3) is 5.91 Å². The molecule has 1 fully saturated rings. The number of carbonyl (C=O) groups excluding carboxylic acids is 2. The zero-order valence-electron chi connectivity index (χ0n) is 22.6. The van der Waals surface area contributed by atoms with Gasteiger partial charge in [-0.05, 0) is 56.0 Å². The van der Waals surface area contributed by atoms with Gasteiger partial charge in [0.1, 0.15) is 17.1 Å². The molecule has 0 aromatic heterocycles. The molecule has 1 unspecified atom stereocenters. The second kappa shape index (κ2) is 14.1. The van der Waals surface area contributed by atoms with Crippen molar-refractivity contribution in [2.45, 2.75) is 72.0 Å². The molecule has 37 heavy (non-hydrogen) atoms. The van der Waals surface area contributed by atoms with Crippen LogP contribution in [0.5, 0.6) is 5.75 Å². The fourth-order valence-electron chi connectivity index (χ4n) is 4.74. The minimum atomic E-state index is -0.422. The van der Waals surface area contributed by atoms with Gasteiger partial charge in [-0.3, -0.25) is 9.69 Å². The average molecular weight is 513 g/mol. The molecule has 2 aromatic carbocycles. The Hall–Kier alpha value is -2.93. The lowest BCUT2D eigenvalue weighted by Gasteiger charge is -2.44. The van der Waals surface area contributed by atoms with Crippen LogP contribution >= 0.6 is 0 Å². The highest BCUT2D eigenvalue weighted by atomic mass is 19.1. The first-order chi connectivity index (χ1) is 17.8. The van der Waals surface area contributed by atoms with Crippen LogP contribution in [0.3, 0.4) is 0 Å². The molecule has 3 rings (SSSR count). The number of piperazine rings is 1. The molecule has 0 bridgehead atoms. The summed E-state index contributed by atoms with van der Waals surface area (Å²) in [4.78, 5) is 30.0. The van der Waals surface area contributed by atoms with E-state index < -0.39 is 5.97 Å². The fourth-order valence-corrected chi connectivity index (χ4v) is 4.74. The molecule has 202 valence electrons. The molecule has 1 saturated heterocycles. The number of ether oxygens (including phenoxy) is 2. The third kappa shape index (κ3) is 8.29. The van der Waals surface area contributed by atoms with Crippen LogP contribution in [-0.4, -0.2) is 60.1 Å². The van der Waals surface area contributed by atoms with E-state index in [1.54, 1.807) is 36.4 Å². The Kier molecular flexibility index (Phi) is 10.9. The molecule has 0 spiro atoms. The minimum Gasteiger partial charge on any atom is -0.483 e. The van der Waals surface area contributed by atoms with Crippen molar-refractivity contribution < 1.29 is 23.5 Å². The second-order valence-corrected chi connectivity index (χ2v) is 10.1. The molecule has 2 aromatic rings. The molecule has 1 aliphatic rings. The van der Waals surface area contributed by atoms with E-state index in [0.717, 1.165) is 31.2 Å². The van der Waals surface area contributed by atoms with E-state index in [1.165, 1.54) is 12.1 Å². The van der Waals surface area contributed by atoms with E-state index in [0.29, 0.717) is 43.5 Å². The van der Waals surface area contributed by atoms with Crippen LogP contribution < -0.4 is 4.74 Å². The predicted molar refractivity (Wildman–Crippen MR) is 143 cm³/mol. The van der Waals surface area contributed by atoms with Gasteiger partial charge in [0.2, 0.25) is 0 Å². The largest absolute Gasteiger partial charge is 0.483 e. The molecule has 1 aliphatic heterocycles. The Bertz CT molecular complexity index is 1010. The summed E-state index contributed by atoms with van der Waals surface area (Å²) in [6.07, 6.45) is 4.25. The highest BCUT2D eigenvalue weighted by Gasteiger charge is 2.32. The summed E-state index contributed by atoms with van der Waals surface area (Å²) >= 11 is 0. The van der Waals surface area contributed by atoms with Crippen molar-refractivity contribution in [3.8, 4) is 5.75 Å². The first-order valence-electron chi connectivity index (χ1n) is 13.5. The number of hydrogen-bond donors (Lipinski definition) is 0. The topological polar surface area (TPSA) is 59.1 Å². The molecule has 3 atom stereocenters. The van der Waals surface area contributed by atoms with Gasteiger partial charge in [-0.1, -0.05) is 57.4 Å². The van der Waals surface area contributed by atoms with Crippen LogP contribution in [0.15, 0.2) is 48.5 Å². The Balaban J connectivity index is 1.54. The van der Waals surface area contributed by atoms with Crippen molar-refractivity contribution in [1.29, 1.82) is 0 Å². The van der Waals surface area contributed by atoms with Crippen LogP contribution in [0.1, 0.15) is 69.3 Å². The first kappa shape index (κ1) is 28.6. The zero-order chi connectivity index (χ0) is 26.8.